The van der Waals surface area contributed by atoms with Crippen LogP contribution in [0.25, 0.3) is 0 Å². The lowest BCUT2D eigenvalue weighted by atomic mass is 10.3. The van der Waals surface area contributed by atoms with Gasteiger partial charge in [-0.05, 0) is 32.0 Å². The van der Waals surface area contributed by atoms with Crippen molar-refractivity contribution >= 4 is 16.5 Å². The second-order valence-corrected chi connectivity index (χ2v) is 5.59. The topological polar surface area (TPSA) is 52.5 Å². The molecule has 0 heterocycles. The maximum absolute atomic E-state index is 12.7. The zero-order valence-corrected chi connectivity index (χ0v) is 8.88. The lowest BCUT2D eigenvalue weighted by Gasteiger charge is -2.37. The Balaban J connectivity index is 2.78. The lowest BCUT2D eigenvalue weighted by Crippen LogP contribution is -2.18. The van der Waals surface area contributed by atoms with E-state index in [1.807, 2.05) is 0 Å². The summed E-state index contributed by atoms with van der Waals surface area (Å²) < 4.78 is 34.3. The van der Waals surface area contributed by atoms with Gasteiger partial charge in [0, 0.05) is 0 Å². The molecule has 0 aliphatic rings. The molecule has 1 rings (SSSR count). The minimum absolute atomic E-state index is 0.314. The zero-order chi connectivity index (χ0) is 10.8. The highest BCUT2D eigenvalue weighted by Gasteiger charge is 2.16. The third kappa shape index (κ3) is 2.87. The Bertz CT molecular complexity index is 317. The van der Waals surface area contributed by atoms with E-state index in [1.165, 1.54) is 18.2 Å². The van der Waals surface area contributed by atoms with Crippen LogP contribution in [0.5, 0.6) is 0 Å². The summed E-state index contributed by atoms with van der Waals surface area (Å²) in [6.45, 7) is 3.36. The first-order valence-electron chi connectivity index (χ1n) is 4.22. The molecule has 14 heavy (non-hydrogen) atoms. The van der Waals surface area contributed by atoms with Gasteiger partial charge in [0.1, 0.15) is 5.82 Å². The molecule has 3 nitrogen and oxygen atoms in total. The van der Waals surface area contributed by atoms with E-state index in [1.54, 1.807) is 19.9 Å². The smallest absolute Gasteiger partial charge is 0.125 e. The first kappa shape index (κ1) is 11.3. The molecule has 0 bridgehead atoms. The van der Waals surface area contributed by atoms with Crippen LogP contribution in [0.3, 0.4) is 0 Å². The Hall–Kier alpha value is -0.780. The predicted molar refractivity (Wildman–Crippen MR) is 58.0 cm³/mol. The lowest BCUT2D eigenvalue weighted by molar-refractivity contribution is 0.484. The molecule has 0 saturated heterocycles. The van der Waals surface area contributed by atoms with E-state index in [4.69, 9.17) is 0 Å². The molecule has 0 aliphatic heterocycles. The minimum atomic E-state index is -2.88. The first-order chi connectivity index (χ1) is 6.42. The molecular formula is C9H14FNO2S. The van der Waals surface area contributed by atoms with Crippen LogP contribution in [-0.2, 0) is 0 Å². The number of anilines is 1. The molecule has 0 fully saturated rings. The molecule has 0 saturated carbocycles. The molecule has 1 aromatic carbocycles. The number of nitrogens with one attached hydrogen (secondary N) is 1. The van der Waals surface area contributed by atoms with E-state index >= 15 is 0 Å². The second-order valence-electron chi connectivity index (χ2n) is 3.25. The molecule has 0 aliphatic carbocycles. The number of hydrogen-bond acceptors (Lipinski definition) is 3. The molecule has 0 unspecified atom stereocenters. The van der Waals surface area contributed by atoms with Crippen LogP contribution in [0.4, 0.5) is 10.1 Å². The number of halogens is 1. The first-order valence-corrected chi connectivity index (χ1v) is 5.83. The molecule has 0 amide bonds. The number of hydrogen-bond donors (Lipinski definition) is 3. The van der Waals surface area contributed by atoms with Crippen molar-refractivity contribution in [3.63, 3.8) is 0 Å². The Labute approximate surface area is 84.4 Å². The Morgan fingerprint density at radius 1 is 1.36 bits per heavy atom. The molecule has 3 N–H and O–H groups in total. The SMILES string of the molecule is CC(C)S(O)(O)Nc1cccc(F)c1. The van der Waals surface area contributed by atoms with Crippen LogP contribution in [0.1, 0.15) is 13.8 Å². The summed E-state index contributed by atoms with van der Waals surface area (Å²) in [6.07, 6.45) is 0. The Morgan fingerprint density at radius 2 is 2.00 bits per heavy atom. The second kappa shape index (κ2) is 4.16. The maximum Gasteiger partial charge on any atom is 0.125 e. The summed E-state index contributed by atoms with van der Waals surface area (Å²) in [5.74, 6) is -0.408. The van der Waals surface area contributed by atoms with Gasteiger partial charge in [-0.15, -0.1) is 10.8 Å². The summed E-state index contributed by atoms with van der Waals surface area (Å²) in [7, 11) is -2.88. The van der Waals surface area contributed by atoms with Gasteiger partial charge in [-0.2, -0.15) is 0 Å². The molecule has 5 heteroatoms. The summed E-state index contributed by atoms with van der Waals surface area (Å²) in [5, 5.41) is -0.314. The minimum Gasteiger partial charge on any atom is -0.285 e. The van der Waals surface area contributed by atoms with E-state index in [9.17, 15) is 13.5 Å². The van der Waals surface area contributed by atoms with Gasteiger partial charge in [0.05, 0.1) is 10.9 Å². The summed E-state index contributed by atoms with van der Waals surface area (Å²) in [4.78, 5) is 0. The molecular weight excluding hydrogens is 205 g/mol. The highest BCUT2D eigenvalue weighted by Crippen LogP contribution is 2.43. The standard InChI is InChI=1S/C9H14FNO2S/c1-7(2)14(12,13)11-9-5-3-4-8(10)6-9/h3-7,11-13H,1-2H3. The maximum atomic E-state index is 12.7. The summed E-state index contributed by atoms with van der Waals surface area (Å²) in [6, 6.07) is 5.61. The van der Waals surface area contributed by atoms with Gasteiger partial charge < -0.3 is 0 Å². The van der Waals surface area contributed by atoms with Crippen LogP contribution in [0, 0.1) is 5.82 Å². The molecule has 80 valence electrons. The normalized spacial score (nSPS) is 13.0. The van der Waals surface area contributed by atoms with Gasteiger partial charge in [0.15, 0.2) is 0 Å². The zero-order valence-electron chi connectivity index (χ0n) is 8.07. The van der Waals surface area contributed by atoms with Crippen molar-refractivity contribution in [1.82, 2.24) is 0 Å². The molecule has 0 radical (unpaired) electrons. The van der Waals surface area contributed by atoms with Crippen molar-refractivity contribution in [3.05, 3.63) is 30.1 Å². The molecule has 0 atom stereocenters. The van der Waals surface area contributed by atoms with E-state index in [0.29, 0.717) is 5.69 Å². The fraction of sp³-hybridized carbons (Fsp3) is 0.333. The van der Waals surface area contributed by atoms with Crippen LogP contribution in [-0.4, -0.2) is 14.4 Å². The third-order valence-corrected chi connectivity index (χ3v) is 3.60. The summed E-state index contributed by atoms with van der Waals surface area (Å²) >= 11 is 0. The van der Waals surface area contributed by atoms with Crippen molar-refractivity contribution in [1.29, 1.82) is 0 Å². The molecule has 0 aromatic heterocycles. The van der Waals surface area contributed by atoms with Gasteiger partial charge in [-0.1, -0.05) is 6.07 Å². The van der Waals surface area contributed by atoms with Crippen LogP contribution in [0.2, 0.25) is 0 Å². The van der Waals surface area contributed by atoms with Crippen molar-refractivity contribution in [2.75, 3.05) is 4.72 Å². The van der Waals surface area contributed by atoms with Gasteiger partial charge in [0.2, 0.25) is 0 Å². The monoisotopic (exact) mass is 219 g/mol. The number of rotatable bonds is 3. The van der Waals surface area contributed by atoms with Crippen molar-refractivity contribution in [3.8, 4) is 0 Å². The van der Waals surface area contributed by atoms with E-state index < -0.39 is 16.6 Å². The largest absolute Gasteiger partial charge is 0.285 e. The Morgan fingerprint density at radius 3 is 2.50 bits per heavy atom. The predicted octanol–water partition coefficient (Wildman–Crippen LogP) is 3.31. The highest BCUT2D eigenvalue weighted by atomic mass is 32.3. The van der Waals surface area contributed by atoms with Crippen LogP contribution < -0.4 is 4.72 Å². The van der Waals surface area contributed by atoms with Gasteiger partial charge in [-0.25, -0.2) is 4.39 Å². The highest BCUT2D eigenvalue weighted by molar-refractivity contribution is 8.25. The van der Waals surface area contributed by atoms with Crippen molar-refractivity contribution in [2.24, 2.45) is 0 Å². The fourth-order valence-corrected chi connectivity index (χ4v) is 1.55. The Kier molecular flexibility index (Phi) is 3.36. The average Bonchev–Trinajstić information content (AvgIpc) is 2.02. The van der Waals surface area contributed by atoms with Crippen molar-refractivity contribution in [2.45, 2.75) is 19.1 Å². The summed E-state index contributed by atoms with van der Waals surface area (Å²) in [5.41, 5.74) is 0.374. The number of benzene rings is 1. The average molecular weight is 219 g/mol. The van der Waals surface area contributed by atoms with Crippen LogP contribution in [0.15, 0.2) is 24.3 Å². The van der Waals surface area contributed by atoms with E-state index in [2.05, 4.69) is 4.72 Å². The fourth-order valence-electron chi connectivity index (χ4n) is 0.843. The van der Waals surface area contributed by atoms with Gasteiger partial charge >= 0.3 is 0 Å². The third-order valence-electron chi connectivity index (χ3n) is 1.75. The molecule has 0 spiro atoms. The van der Waals surface area contributed by atoms with Gasteiger partial charge in [-0.3, -0.25) is 13.8 Å². The van der Waals surface area contributed by atoms with E-state index in [-0.39, 0.29) is 5.25 Å². The van der Waals surface area contributed by atoms with Crippen LogP contribution >= 0.6 is 10.8 Å². The van der Waals surface area contributed by atoms with Gasteiger partial charge in [0.25, 0.3) is 0 Å². The van der Waals surface area contributed by atoms with Crippen molar-refractivity contribution < 1.29 is 13.5 Å². The quantitative estimate of drug-likeness (QED) is 0.731. The van der Waals surface area contributed by atoms with E-state index in [0.717, 1.165) is 0 Å². The molecule has 1 aromatic rings.